The van der Waals surface area contributed by atoms with E-state index < -0.39 is 39.3 Å². The lowest BCUT2D eigenvalue weighted by atomic mass is 9.72. The molecule has 0 heterocycles. The molecule has 3 atom stereocenters. The maximum atomic E-state index is 16.3. The zero-order valence-corrected chi connectivity index (χ0v) is 25.0. The van der Waals surface area contributed by atoms with Crippen molar-refractivity contribution in [2.75, 3.05) is 7.11 Å². The number of fused-ring (bicyclic) bond motifs is 3. The van der Waals surface area contributed by atoms with Crippen LogP contribution in [0.1, 0.15) is 56.9 Å². The van der Waals surface area contributed by atoms with E-state index in [9.17, 15) is 13.2 Å². The average Bonchev–Trinajstić information content (AvgIpc) is 3.60. The molecule has 0 amide bonds. The first-order valence-electron chi connectivity index (χ1n) is 15.1. The molecule has 2 bridgehead atoms. The van der Waals surface area contributed by atoms with Crippen LogP contribution >= 0.6 is 0 Å². The van der Waals surface area contributed by atoms with Crippen molar-refractivity contribution in [2.45, 2.75) is 80.4 Å². The summed E-state index contributed by atoms with van der Waals surface area (Å²) < 4.78 is 73.4. The lowest BCUT2D eigenvalue weighted by Gasteiger charge is -2.36. The Kier molecular flexibility index (Phi) is 8.21. The number of hydrogen-bond donors (Lipinski definition) is 2. The van der Waals surface area contributed by atoms with Crippen LogP contribution in [0.15, 0.2) is 65.6 Å². The van der Waals surface area contributed by atoms with E-state index in [2.05, 4.69) is 4.72 Å². The Balaban J connectivity index is 1.31. The van der Waals surface area contributed by atoms with Gasteiger partial charge in [0.1, 0.15) is 17.5 Å². The van der Waals surface area contributed by atoms with Gasteiger partial charge in [-0.2, -0.15) is 13.5 Å². The fourth-order valence-electron chi connectivity index (χ4n) is 7.39. The van der Waals surface area contributed by atoms with E-state index in [1.54, 1.807) is 18.2 Å². The van der Waals surface area contributed by atoms with Crippen LogP contribution in [0, 0.1) is 17.8 Å². The number of methoxy groups -OCH3 is 1. The first-order valence-corrected chi connectivity index (χ1v) is 16.6. The van der Waals surface area contributed by atoms with Crippen molar-refractivity contribution in [1.29, 1.82) is 0 Å². The number of halogens is 2. The summed E-state index contributed by atoms with van der Waals surface area (Å²) in [7, 11) is -3.10. The summed E-state index contributed by atoms with van der Waals surface area (Å²) in [4.78, 5) is 13.8. The maximum absolute atomic E-state index is 16.3. The van der Waals surface area contributed by atoms with Gasteiger partial charge in [-0.05, 0) is 123 Å². The summed E-state index contributed by atoms with van der Waals surface area (Å²) in [6.45, 7) is 0. The van der Waals surface area contributed by atoms with Gasteiger partial charge in [0.2, 0.25) is 10.0 Å². The first kappa shape index (κ1) is 30.0. The summed E-state index contributed by atoms with van der Waals surface area (Å²) in [5.74, 6) is -4.47. The van der Waals surface area contributed by atoms with Gasteiger partial charge in [0.25, 0.3) is 5.92 Å². The lowest BCUT2D eigenvalue weighted by molar-refractivity contribution is -0.139. The Labute approximate surface area is 251 Å². The molecule has 3 aliphatic rings. The molecule has 6 rings (SSSR count). The number of rotatable bonds is 10. The summed E-state index contributed by atoms with van der Waals surface area (Å²) in [5.41, 5.74) is 5.71. The molecule has 0 radical (unpaired) electrons. The second-order valence-corrected chi connectivity index (χ2v) is 14.1. The number of ether oxygens (including phenoxy) is 2. The monoisotopic (exact) mass is 612 g/mol. The van der Waals surface area contributed by atoms with Crippen LogP contribution in [0.3, 0.4) is 0 Å². The quantitative estimate of drug-likeness (QED) is 0.294. The number of sulfonamides is 1. The van der Waals surface area contributed by atoms with Crippen LogP contribution in [0.2, 0.25) is 0 Å². The minimum absolute atomic E-state index is 0.0829. The van der Waals surface area contributed by atoms with E-state index in [0.29, 0.717) is 29.7 Å². The minimum atomic E-state index is -4.52. The second kappa shape index (κ2) is 11.8. The number of carbonyl (C=O) groups is 1. The van der Waals surface area contributed by atoms with Crippen molar-refractivity contribution < 1.29 is 31.5 Å². The normalized spacial score (nSPS) is 25.1. The van der Waals surface area contributed by atoms with Gasteiger partial charge in [0.05, 0.1) is 18.1 Å². The molecular formula is C33H38F2N2O5S. The van der Waals surface area contributed by atoms with Gasteiger partial charge in [-0.25, -0.2) is 8.42 Å². The van der Waals surface area contributed by atoms with Gasteiger partial charge in [-0.3, -0.25) is 4.79 Å². The number of Topliss-reactive ketones (excluding diaryl/α,β-unsaturated/α-hetero) is 1. The number of nitrogens with two attached hydrogens (primary N) is 1. The van der Waals surface area contributed by atoms with Gasteiger partial charge >= 0.3 is 0 Å². The van der Waals surface area contributed by atoms with Crippen molar-refractivity contribution in [3.63, 3.8) is 0 Å². The van der Waals surface area contributed by atoms with Gasteiger partial charge < -0.3 is 15.2 Å². The zero-order valence-electron chi connectivity index (χ0n) is 24.2. The number of alkyl halides is 2. The molecule has 0 aliphatic heterocycles. The van der Waals surface area contributed by atoms with Crippen molar-refractivity contribution in [3.05, 3.63) is 66.2 Å². The standard InChI is InChI=1S/C33H38F2N2O5S/c1-41-26-13-10-24(11-14-26)33(34,35)32(31(38)30-22-6-7-23(30)17-25(36)16-22)37-43(39,40)29-15-9-20-18-28(12-8-21(20)19-29)42-27-4-2-3-5-27/h8-15,18-19,22-23,25,27,30,32,37H,2-7,16-17,36H2,1H3. The smallest absolute Gasteiger partial charge is 0.296 e. The molecule has 0 aromatic heterocycles. The Morgan fingerprint density at radius 3 is 2.16 bits per heavy atom. The summed E-state index contributed by atoms with van der Waals surface area (Å²) in [6.07, 6.45) is 7.06. The van der Waals surface area contributed by atoms with Crippen LogP contribution in [0.4, 0.5) is 8.78 Å². The third-order valence-electron chi connectivity index (χ3n) is 9.56. The van der Waals surface area contributed by atoms with Crippen molar-refractivity contribution in [3.8, 4) is 11.5 Å². The number of nitrogens with one attached hydrogen (secondary N) is 1. The maximum Gasteiger partial charge on any atom is 0.296 e. The Morgan fingerprint density at radius 2 is 1.51 bits per heavy atom. The van der Waals surface area contributed by atoms with Crippen LogP contribution in [-0.2, 0) is 20.7 Å². The third kappa shape index (κ3) is 6.01. The number of carbonyl (C=O) groups excluding carboxylic acids is 1. The molecule has 3 saturated carbocycles. The fourth-order valence-corrected chi connectivity index (χ4v) is 8.63. The highest BCUT2D eigenvalue weighted by Gasteiger charge is 2.54. The van der Waals surface area contributed by atoms with E-state index in [4.69, 9.17) is 15.2 Å². The Bertz CT molecular complexity index is 1580. The molecule has 7 nitrogen and oxygen atoms in total. The van der Waals surface area contributed by atoms with E-state index in [0.717, 1.165) is 43.9 Å². The Morgan fingerprint density at radius 1 is 0.907 bits per heavy atom. The Hall–Kier alpha value is -3.08. The average molecular weight is 613 g/mol. The molecule has 0 spiro atoms. The molecule has 43 heavy (non-hydrogen) atoms. The zero-order chi connectivity index (χ0) is 30.4. The van der Waals surface area contributed by atoms with Crippen molar-refractivity contribution in [1.82, 2.24) is 4.72 Å². The fraction of sp³-hybridized carbons (Fsp3) is 0.485. The molecule has 0 saturated heterocycles. The first-order chi connectivity index (χ1) is 20.5. The molecule has 3 aromatic rings. The second-order valence-electron chi connectivity index (χ2n) is 12.4. The predicted molar refractivity (Wildman–Crippen MR) is 160 cm³/mol. The minimum Gasteiger partial charge on any atom is -0.497 e. The molecule has 3 aromatic carbocycles. The number of ketones is 1. The molecule has 230 valence electrons. The van der Waals surface area contributed by atoms with Crippen molar-refractivity contribution >= 4 is 26.6 Å². The molecule has 3 aliphatic carbocycles. The molecule has 3 N–H and O–H groups in total. The molecule has 3 fully saturated rings. The van der Waals surface area contributed by atoms with Crippen LogP contribution < -0.4 is 19.9 Å². The van der Waals surface area contributed by atoms with E-state index >= 15 is 8.78 Å². The largest absolute Gasteiger partial charge is 0.497 e. The highest BCUT2D eigenvalue weighted by atomic mass is 32.2. The molecular weight excluding hydrogens is 574 g/mol. The highest BCUT2D eigenvalue weighted by molar-refractivity contribution is 7.89. The van der Waals surface area contributed by atoms with E-state index in [1.165, 1.54) is 43.5 Å². The van der Waals surface area contributed by atoms with Gasteiger partial charge in [0, 0.05) is 17.5 Å². The molecule has 3 unspecified atom stereocenters. The van der Waals surface area contributed by atoms with E-state index in [1.807, 2.05) is 6.07 Å². The summed E-state index contributed by atoms with van der Waals surface area (Å²) >= 11 is 0. The third-order valence-corrected chi connectivity index (χ3v) is 11.0. The topological polar surface area (TPSA) is 108 Å². The SMILES string of the molecule is COc1ccc(C(F)(F)C(NS(=O)(=O)c2ccc3cc(OC4CCCC4)ccc3c2)C(=O)C2C3CCC2CC(N)C3)cc1. The van der Waals surface area contributed by atoms with Crippen LogP contribution in [0.25, 0.3) is 10.8 Å². The summed E-state index contributed by atoms with van der Waals surface area (Å²) in [6, 6.07) is 12.6. The number of hydrogen-bond acceptors (Lipinski definition) is 6. The predicted octanol–water partition coefficient (Wildman–Crippen LogP) is 5.94. The van der Waals surface area contributed by atoms with E-state index in [-0.39, 0.29) is 28.9 Å². The van der Waals surface area contributed by atoms with Gasteiger partial charge in [-0.1, -0.05) is 12.1 Å². The summed E-state index contributed by atoms with van der Waals surface area (Å²) in [5, 5.41) is 1.38. The van der Waals surface area contributed by atoms with Crippen molar-refractivity contribution in [2.24, 2.45) is 23.5 Å². The van der Waals surface area contributed by atoms with Crippen LogP contribution in [-0.4, -0.2) is 39.5 Å². The van der Waals surface area contributed by atoms with Gasteiger partial charge in [0.15, 0.2) is 5.78 Å². The number of benzene rings is 3. The van der Waals surface area contributed by atoms with Gasteiger partial charge in [-0.15, -0.1) is 0 Å². The lowest BCUT2D eigenvalue weighted by Crippen LogP contribution is -2.55. The molecule has 10 heteroatoms. The highest BCUT2D eigenvalue weighted by Crippen LogP contribution is 2.49. The van der Waals surface area contributed by atoms with Crippen LogP contribution in [0.5, 0.6) is 11.5 Å².